The van der Waals surface area contributed by atoms with Gasteiger partial charge in [-0.05, 0) is 65.3 Å². The van der Waals surface area contributed by atoms with Gasteiger partial charge in [0.2, 0.25) is 0 Å². The maximum absolute atomic E-state index is 13.1. The molecule has 0 bridgehead atoms. The van der Waals surface area contributed by atoms with Gasteiger partial charge >= 0.3 is 0 Å². The predicted octanol–water partition coefficient (Wildman–Crippen LogP) is 4.83. The molecular formula is C17H14BrFN2O3S2. The first-order valence-corrected chi connectivity index (χ1v) is 10.5. The molecule has 136 valence electrons. The first-order valence-electron chi connectivity index (χ1n) is 7.40. The summed E-state index contributed by atoms with van der Waals surface area (Å²) in [5.74, 6) is 0.195. The number of benzene rings is 2. The van der Waals surface area contributed by atoms with Crippen molar-refractivity contribution in [2.75, 3.05) is 11.8 Å². The third-order valence-corrected chi connectivity index (χ3v) is 6.54. The van der Waals surface area contributed by atoms with Crippen molar-refractivity contribution in [1.82, 2.24) is 4.98 Å². The minimum Gasteiger partial charge on any atom is -0.496 e. The summed E-state index contributed by atoms with van der Waals surface area (Å²) in [6.07, 6.45) is 0. The average Bonchev–Trinajstić information content (AvgIpc) is 2.95. The Hall–Kier alpha value is -1.97. The third kappa shape index (κ3) is 3.89. The predicted molar refractivity (Wildman–Crippen MR) is 104 cm³/mol. The molecular weight excluding hydrogens is 443 g/mol. The van der Waals surface area contributed by atoms with Crippen molar-refractivity contribution in [2.45, 2.75) is 11.8 Å². The number of sulfonamides is 1. The molecule has 2 aromatic carbocycles. The van der Waals surface area contributed by atoms with E-state index in [1.807, 2.05) is 6.92 Å². The second-order valence-electron chi connectivity index (χ2n) is 5.33. The summed E-state index contributed by atoms with van der Waals surface area (Å²) in [6.45, 7) is 1.83. The first kappa shape index (κ1) is 18.8. The van der Waals surface area contributed by atoms with E-state index in [0.29, 0.717) is 15.9 Å². The van der Waals surface area contributed by atoms with Gasteiger partial charge in [0.1, 0.15) is 11.6 Å². The van der Waals surface area contributed by atoms with Crippen LogP contribution in [0.4, 0.5) is 9.52 Å². The van der Waals surface area contributed by atoms with Crippen LogP contribution in [0.1, 0.15) is 4.88 Å². The molecule has 3 aromatic rings. The number of aryl methyl sites for hydroxylation is 1. The van der Waals surface area contributed by atoms with Crippen LogP contribution in [0.2, 0.25) is 0 Å². The molecule has 26 heavy (non-hydrogen) atoms. The Morgan fingerprint density at radius 3 is 2.50 bits per heavy atom. The van der Waals surface area contributed by atoms with Gasteiger partial charge in [-0.1, -0.05) is 0 Å². The van der Waals surface area contributed by atoms with Crippen molar-refractivity contribution in [2.24, 2.45) is 0 Å². The second-order valence-corrected chi connectivity index (χ2v) is 9.07. The number of aromatic nitrogens is 1. The number of thiazole rings is 1. The standard InChI is InChI=1S/C17H14BrFN2O3S2/c1-10-16(11-3-5-12(19)6-4-11)20-17(25-10)21-26(22,23)13-7-8-15(24-2)14(18)9-13/h3-9H,1-2H3,(H,20,21). The van der Waals surface area contributed by atoms with Gasteiger partial charge < -0.3 is 4.74 Å². The molecule has 0 unspecified atom stereocenters. The minimum atomic E-state index is -3.80. The Morgan fingerprint density at radius 2 is 1.88 bits per heavy atom. The van der Waals surface area contributed by atoms with Gasteiger partial charge in [0.05, 0.1) is 22.2 Å². The Balaban J connectivity index is 1.90. The summed E-state index contributed by atoms with van der Waals surface area (Å²) >= 11 is 4.49. The SMILES string of the molecule is COc1ccc(S(=O)(=O)Nc2nc(-c3ccc(F)cc3)c(C)s2)cc1Br. The topological polar surface area (TPSA) is 68.3 Å². The number of methoxy groups -OCH3 is 1. The quantitative estimate of drug-likeness (QED) is 0.596. The first-order chi connectivity index (χ1) is 12.3. The van der Waals surface area contributed by atoms with E-state index < -0.39 is 10.0 Å². The largest absolute Gasteiger partial charge is 0.496 e. The van der Waals surface area contributed by atoms with E-state index in [4.69, 9.17) is 4.74 Å². The molecule has 5 nitrogen and oxygen atoms in total. The Bertz CT molecular complexity index is 1050. The molecule has 1 N–H and O–H groups in total. The highest BCUT2D eigenvalue weighted by Crippen LogP contribution is 2.33. The van der Waals surface area contributed by atoms with Crippen LogP contribution in [0.3, 0.4) is 0 Å². The summed E-state index contributed by atoms with van der Waals surface area (Å²) in [7, 11) is -2.30. The van der Waals surface area contributed by atoms with Crippen LogP contribution in [-0.2, 0) is 10.0 Å². The lowest BCUT2D eigenvalue weighted by atomic mass is 10.1. The summed E-state index contributed by atoms with van der Waals surface area (Å²) in [5, 5.41) is 0.244. The van der Waals surface area contributed by atoms with Gasteiger partial charge in [-0.15, -0.1) is 11.3 Å². The fraction of sp³-hybridized carbons (Fsp3) is 0.118. The number of hydrogen-bond donors (Lipinski definition) is 1. The van der Waals surface area contributed by atoms with Crippen LogP contribution >= 0.6 is 27.3 Å². The lowest BCUT2D eigenvalue weighted by Gasteiger charge is -2.08. The Labute approximate surface area is 163 Å². The summed E-state index contributed by atoms with van der Waals surface area (Å²) in [4.78, 5) is 5.25. The number of hydrogen-bond acceptors (Lipinski definition) is 5. The number of anilines is 1. The minimum absolute atomic E-state index is 0.0846. The highest BCUT2D eigenvalue weighted by Gasteiger charge is 2.19. The van der Waals surface area contributed by atoms with Gasteiger partial charge in [0, 0.05) is 10.4 Å². The van der Waals surface area contributed by atoms with Gasteiger partial charge in [-0.3, -0.25) is 4.72 Å². The zero-order valence-corrected chi connectivity index (χ0v) is 17.0. The third-order valence-electron chi connectivity index (χ3n) is 3.57. The van der Waals surface area contributed by atoms with Crippen molar-refractivity contribution < 1.29 is 17.5 Å². The Morgan fingerprint density at radius 1 is 1.19 bits per heavy atom. The molecule has 0 aliphatic rings. The fourth-order valence-corrected chi connectivity index (χ4v) is 5.09. The van der Waals surface area contributed by atoms with Crippen LogP contribution < -0.4 is 9.46 Å². The van der Waals surface area contributed by atoms with Gasteiger partial charge in [0.15, 0.2) is 5.13 Å². The van der Waals surface area contributed by atoms with E-state index in [1.54, 1.807) is 18.2 Å². The number of nitrogens with one attached hydrogen (secondary N) is 1. The zero-order chi connectivity index (χ0) is 18.9. The van der Waals surface area contributed by atoms with Crippen molar-refractivity contribution in [3.63, 3.8) is 0 Å². The van der Waals surface area contributed by atoms with Crippen molar-refractivity contribution in [3.8, 4) is 17.0 Å². The molecule has 3 rings (SSSR count). The van der Waals surface area contributed by atoms with Crippen molar-refractivity contribution in [1.29, 1.82) is 0 Å². The van der Waals surface area contributed by atoms with E-state index in [-0.39, 0.29) is 15.8 Å². The van der Waals surface area contributed by atoms with E-state index >= 15 is 0 Å². The average molecular weight is 457 g/mol. The van der Waals surface area contributed by atoms with Crippen LogP contribution in [0.15, 0.2) is 51.8 Å². The Kier molecular flexibility index (Phi) is 5.31. The van der Waals surface area contributed by atoms with Crippen molar-refractivity contribution in [3.05, 3.63) is 57.6 Å². The summed E-state index contributed by atoms with van der Waals surface area (Å²) < 4.78 is 46.4. The monoisotopic (exact) mass is 456 g/mol. The normalized spacial score (nSPS) is 11.4. The van der Waals surface area contributed by atoms with Crippen LogP contribution in [-0.4, -0.2) is 20.5 Å². The molecule has 0 aliphatic carbocycles. The molecule has 0 spiro atoms. The van der Waals surface area contributed by atoms with Gasteiger partial charge in [-0.2, -0.15) is 0 Å². The molecule has 0 amide bonds. The van der Waals surface area contributed by atoms with E-state index in [9.17, 15) is 12.8 Å². The van der Waals surface area contributed by atoms with E-state index in [2.05, 4.69) is 25.6 Å². The highest BCUT2D eigenvalue weighted by molar-refractivity contribution is 9.10. The maximum atomic E-state index is 13.1. The molecule has 1 heterocycles. The van der Waals surface area contributed by atoms with Crippen LogP contribution in [0.25, 0.3) is 11.3 Å². The van der Waals surface area contributed by atoms with Crippen molar-refractivity contribution >= 4 is 42.4 Å². The van der Waals surface area contributed by atoms with E-state index in [1.165, 1.54) is 42.7 Å². The number of rotatable bonds is 5. The lowest BCUT2D eigenvalue weighted by Crippen LogP contribution is -2.12. The molecule has 0 saturated carbocycles. The smallest absolute Gasteiger partial charge is 0.263 e. The number of halogens is 2. The lowest BCUT2D eigenvalue weighted by molar-refractivity contribution is 0.411. The molecule has 9 heteroatoms. The summed E-state index contributed by atoms with van der Waals surface area (Å²) in [6, 6.07) is 10.4. The zero-order valence-electron chi connectivity index (χ0n) is 13.8. The maximum Gasteiger partial charge on any atom is 0.263 e. The van der Waals surface area contributed by atoms with E-state index in [0.717, 1.165) is 10.4 Å². The molecule has 0 atom stereocenters. The van der Waals surface area contributed by atoms with Crippen LogP contribution in [0.5, 0.6) is 5.75 Å². The molecule has 0 fully saturated rings. The molecule has 1 aromatic heterocycles. The number of nitrogens with zero attached hydrogens (tertiary/aromatic N) is 1. The molecule has 0 radical (unpaired) electrons. The number of ether oxygens (including phenoxy) is 1. The fourth-order valence-electron chi connectivity index (χ4n) is 2.30. The highest BCUT2D eigenvalue weighted by atomic mass is 79.9. The second kappa shape index (κ2) is 7.34. The molecule has 0 aliphatic heterocycles. The summed E-state index contributed by atoms with van der Waals surface area (Å²) in [5.41, 5.74) is 1.33. The van der Waals surface area contributed by atoms with Crippen LogP contribution in [0, 0.1) is 12.7 Å². The molecule has 0 saturated heterocycles. The van der Waals surface area contributed by atoms with Gasteiger partial charge in [-0.25, -0.2) is 17.8 Å². The van der Waals surface area contributed by atoms with Gasteiger partial charge in [0.25, 0.3) is 10.0 Å².